The van der Waals surface area contributed by atoms with Crippen LogP contribution in [0.5, 0.6) is 0 Å². The molecule has 32 heavy (non-hydrogen) atoms. The Hall–Kier alpha value is -3.22. The van der Waals surface area contributed by atoms with Gasteiger partial charge >= 0.3 is 0 Å². The largest absolute Gasteiger partial charge is 0.356 e. The van der Waals surface area contributed by atoms with Crippen molar-refractivity contribution in [3.8, 4) is 5.82 Å². The summed E-state index contributed by atoms with van der Waals surface area (Å²) in [6.07, 6.45) is 5.47. The zero-order chi connectivity index (χ0) is 22.3. The van der Waals surface area contributed by atoms with Crippen molar-refractivity contribution in [1.29, 1.82) is 0 Å². The molecule has 4 rings (SSSR count). The summed E-state index contributed by atoms with van der Waals surface area (Å²) in [4.78, 5) is 14.6. The second kappa shape index (κ2) is 10.4. The maximum absolute atomic E-state index is 12.3. The summed E-state index contributed by atoms with van der Waals surface area (Å²) in [6.45, 7) is 6.81. The maximum atomic E-state index is 12.3. The van der Waals surface area contributed by atoms with Crippen LogP contribution in [0, 0.1) is 13.8 Å². The molecule has 0 bridgehead atoms. The van der Waals surface area contributed by atoms with Crippen molar-refractivity contribution in [3.05, 3.63) is 65.0 Å². The maximum Gasteiger partial charge on any atom is 0.220 e. The standard InChI is InChI=1S/C25H32N6O/c1-19-22(12-15-25(32)26-16-8-11-21-9-4-3-5-10-21)20(2)31(29-19)24-14-13-23(27-28-24)30-17-6-7-18-30/h3-5,9-10,13-14H,6-8,11-12,15-18H2,1-2H3,(H,26,32). The summed E-state index contributed by atoms with van der Waals surface area (Å²) in [5.41, 5.74) is 4.36. The smallest absolute Gasteiger partial charge is 0.220 e. The van der Waals surface area contributed by atoms with Crippen LogP contribution in [0.1, 0.15) is 48.2 Å². The highest BCUT2D eigenvalue weighted by Crippen LogP contribution is 2.21. The molecular formula is C25H32N6O. The number of amides is 1. The second-order valence-electron chi connectivity index (χ2n) is 8.44. The fourth-order valence-electron chi connectivity index (χ4n) is 4.30. The molecule has 1 aromatic carbocycles. The first-order valence-electron chi connectivity index (χ1n) is 11.6. The number of rotatable bonds is 9. The second-order valence-corrected chi connectivity index (χ2v) is 8.44. The van der Waals surface area contributed by atoms with Crippen LogP contribution in [-0.2, 0) is 17.6 Å². The van der Waals surface area contributed by atoms with Gasteiger partial charge in [-0.15, -0.1) is 10.2 Å². The first-order chi connectivity index (χ1) is 15.6. The monoisotopic (exact) mass is 432 g/mol. The predicted octanol–water partition coefficient (Wildman–Crippen LogP) is 3.56. The van der Waals surface area contributed by atoms with Gasteiger partial charge in [0.2, 0.25) is 5.91 Å². The molecule has 1 amide bonds. The molecule has 1 saturated heterocycles. The van der Waals surface area contributed by atoms with Crippen molar-refractivity contribution < 1.29 is 4.79 Å². The average Bonchev–Trinajstić information content (AvgIpc) is 3.45. The molecule has 0 saturated carbocycles. The predicted molar refractivity (Wildman–Crippen MR) is 126 cm³/mol. The van der Waals surface area contributed by atoms with Crippen molar-refractivity contribution >= 4 is 11.7 Å². The van der Waals surface area contributed by atoms with Gasteiger partial charge < -0.3 is 10.2 Å². The summed E-state index contributed by atoms with van der Waals surface area (Å²) in [6, 6.07) is 14.4. The van der Waals surface area contributed by atoms with Crippen LogP contribution in [0.4, 0.5) is 5.82 Å². The Labute approximate surface area is 189 Å². The first kappa shape index (κ1) is 22.0. The van der Waals surface area contributed by atoms with E-state index in [1.807, 2.05) is 48.9 Å². The Morgan fingerprint density at radius 1 is 0.969 bits per heavy atom. The molecule has 0 atom stereocenters. The molecule has 2 aromatic heterocycles. The van der Waals surface area contributed by atoms with Crippen LogP contribution >= 0.6 is 0 Å². The van der Waals surface area contributed by atoms with E-state index in [0.29, 0.717) is 25.2 Å². The van der Waals surface area contributed by atoms with E-state index in [2.05, 4.69) is 37.6 Å². The molecule has 1 N–H and O–H groups in total. The molecule has 7 heteroatoms. The molecule has 1 fully saturated rings. The van der Waals surface area contributed by atoms with E-state index < -0.39 is 0 Å². The number of carbonyl (C=O) groups is 1. The number of carbonyl (C=O) groups excluding carboxylic acids is 1. The van der Waals surface area contributed by atoms with Crippen molar-refractivity contribution in [2.24, 2.45) is 0 Å². The fourth-order valence-corrected chi connectivity index (χ4v) is 4.30. The number of nitrogens with zero attached hydrogens (tertiary/aromatic N) is 5. The van der Waals surface area contributed by atoms with Crippen molar-refractivity contribution in [2.45, 2.75) is 52.4 Å². The van der Waals surface area contributed by atoms with Crippen LogP contribution in [0.2, 0.25) is 0 Å². The number of anilines is 1. The molecule has 168 valence electrons. The summed E-state index contributed by atoms with van der Waals surface area (Å²) in [5, 5.41) is 16.5. The van der Waals surface area contributed by atoms with Gasteiger partial charge in [0.05, 0.1) is 5.69 Å². The lowest BCUT2D eigenvalue weighted by atomic mass is 10.1. The summed E-state index contributed by atoms with van der Waals surface area (Å²) in [5.74, 6) is 1.72. The molecule has 3 aromatic rings. The molecule has 3 heterocycles. The Morgan fingerprint density at radius 2 is 1.69 bits per heavy atom. The Balaban J connectivity index is 1.29. The van der Waals surface area contributed by atoms with E-state index in [-0.39, 0.29) is 5.91 Å². The lowest BCUT2D eigenvalue weighted by Crippen LogP contribution is -2.25. The van der Waals surface area contributed by atoms with Gasteiger partial charge in [0, 0.05) is 31.7 Å². The summed E-state index contributed by atoms with van der Waals surface area (Å²) < 4.78 is 1.84. The zero-order valence-corrected chi connectivity index (χ0v) is 19.0. The quantitative estimate of drug-likeness (QED) is 0.523. The third kappa shape index (κ3) is 5.33. The van der Waals surface area contributed by atoms with Crippen LogP contribution in [0.3, 0.4) is 0 Å². The molecule has 0 aliphatic carbocycles. The highest BCUT2D eigenvalue weighted by molar-refractivity contribution is 5.76. The van der Waals surface area contributed by atoms with Crippen LogP contribution in [-0.4, -0.2) is 45.5 Å². The third-order valence-corrected chi connectivity index (χ3v) is 6.13. The molecular weight excluding hydrogens is 400 g/mol. The number of nitrogens with one attached hydrogen (secondary N) is 1. The molecule has 7 nitrogen and oxygen atoms in total. The van der Waals surface area contributed by atoms with Crippen molar-refractivity contribution in [1.82, 2.24) is 25.3 Å². The zero-order valence-electron chi connectivity index (χ0n) is 19.0. The van der Waals surface area contributed by atoms with Gasteiger partial charge in [0.1, 0.15) is 0 Å². The SMILES string of the molecule is Cc1nn(-c2ccc(N3CCCC3)nn2)c(C)c1CCC(=O)NCCCc1ccccc1. The molecule has 0 unspecified atom stereocenters. The van der Waals surface area contributed by atoms with E-state index in [4.69, 9.17) is 0 Å². The van der Waals surface area contributed by atoms with E-state index in [1.165, 1.54) is 18.4 Å². The van der Waals surface area contributed by atoms with E-state index in [9.17, 15) is 4.79 Å². The minimum absolute atomic E-state index is 0.0827. The van der Waals surface area contributed by atoms with E-state index >= 15 is 0 Å². The molecule has 0 radical (unpaired) electrons. The Morgan fingerprint density at radius 3 is 2.41 bits per heavy atom. The van der Waals surface area contributed by atoms with Gasteiger partial charge in [-0.25, -0.2) is 4.68 Å². The molecule has 1 aliphatic rings. The average molecular weight is 433 g/mol. The first-order valence-corrected chi connectivity index (χ1v) is 11.6. The normalized spacial score (nSPS) is 13.5. The van der Waals surface area contributed by atoms with Crippen molar-refractivity contribution in [2.75, 3.05) is 24.5 Å². The lowest BCUT2D eigenvalue weighted by Gasteiger charge is -2.15. The molecule has 1 aliphatic heterocycles. The van der Waals surface area contributed by atoms with Gasteiger partial charge in [0.25, 0.3) is 0 Å². The fraction of sp³-hybridized carbons (Fsp3) is 0.440. The Kier molecular flexibility index (Phi) is 7.14. The van der Waals surface area contributed by atoms with Gasteiger partial charge in [-0.05, 0) is 69.2 Å². The van der Waals surface area contributed by atoms with Crippen LogP contribution in [0.25, 0.3) is 5.82 Å². The highest BCUT2D eigenvalue weighted by Gasteiger charge is 2.17. The van der Waals surface area contributed by atoms with Gasteiger partial charge in [-0.1, -0.05) is 30.3 Å². The van der Waals surface area contributed by atoms with E-state index in [1.54, 1.807) is 0 Å². The minimum atomic E-state index is 0.0827. The number of aromatic nitrogens is 4. The van der Waals surface area contributed by atoms with E-state index in [0.717, 1.165) is 48.7 Å². The topological polar surface area (TPSA) is 75.9 Å². The van der Waals surface area contributed by atoms with Gasteiger partial charge in [-0.3, -0.25) is 4.79 Å². The number of aryl methyl sites for hydroxylation is 2. The van der Waals surface area contributed by atoms with Crippen molar-refractivity contribution in [3.63, 3.8) is 0 Å². The van der Waals surface area contributed by atoms with Gasteiger partial charge in [0.15, 0.2) is 11.6 Å². The molecule has 0 spiro atoms. The summed E-state index contributed by atoms with van der Waals surface area (Å²) >= 11 is 0. The number of hydrogen-bond donors (Lipinski definition) is 1. The van der Waals surface area contributed by atoms with Crippen LogP contribution in [0.15, 0.2) is 42.5 Å². The lowest BCUT2D eigenvalue weighted by molar-refractivity contribution is -0.121. The number of benzene rings is 1. The third-order valence-electron chi connectivity index (χ3n) is 6.13. The number of hydrogen-bond acceptors (Lipinski definition) is 5. The highest BCUT2D eigenvalue weighted by atomic mass is 16.1. The Bertz CT molecular complexity index is 1020. The minimum Gasteiger partial charge on any atom is -0.356 e. The van der Waals surface area contributed by atoms with Gasteiger partial charge in [-0.2, -0.15) is 5.10 Å². The summed E-state index contributed by atoms with van der Waals surface area (Å²) in [7, 11) is 0. The van der Waals surface area contributed by atoms with Crippen LogP contribution < -0.4 is 10.2 Å².